The van der Waals surface area contributed by atoms with Gasteiger partial charge in [0.05, 0.1) is 0 Å². The molecule has 0 N–H and O–H groups in total. The minimum Gasteiger partial charge on any atom is -0.492 e. The Labute approximate surface area is 189 Å². The Morgan fingerprint density at radius 3 is 2.55 bits per heavy atom. The second-order valence-electron chi connectivity index (χ2n) is 9.27. The monoisotopic (exact) mass is 485 g/mol. The summed E-state index contributed by atoms with van der Waals surface area (Å²) in [5.41, 5.74) is -0.516. The lowest BCUT2D eigenvalue weighted by atomic mass is 9.61. The van der Waals surface area contributed by atoms with Gasteiger partial charge in [0.15, 0.2) is 0 Å². The van der Waals surface area contributed by atoms with Crippen LogP contribution in [0.5, 0.6) is 5.75 Å². The maximum atomic E-state index is 14.0. The summed E-state index contributed by atoms with van der Waals surface area (Å²) in [6.45, 7) is 3.31. The van der Waals surface area contributed by atoms with Crippen LogP contribution in [0.25, 0.3) is 0 Å². The molecule has 0 radical (unpaired) electrons. The van der Waals surface area contributed by atoms with Crippen LogP contribution in [0, 0.1) is 11.2 Å². The van der Waals surface area contributed by atoms with Crippen LogP contribution in [0.1, 0.15) is 31.0 Å². The first-order valence-corrected chi connectivity index (χ1v) is 12.1. The molecule has 0 amide bonds. The van der Waals surface area contributed by atoms with Crippen molar-refractivity contribution in [1.82, 2.24) is 14.2 Å². The molecule has 1 saturated heterocycles. The standard InChI is InChI=1S/C22H23F4N3O3S/c1-14-11-32-18-6-20(22(24,25)26)27-9-15(18)10-29(14)16-7-21(8-16)12-28(13-21)33(30,31)19-5-3-2-4-17(19)23/h2-6,9,14,16H,7-8,10-13H2,1H3/t14-/m1/s1. The molecule has 2 aromatic rings. The number of alkyl halides is 3. The summed E-state index contributed by atoms with van der Waals surface area (Å²) in [7, 11) is -3.87. The summed E-state index contributed by atoms with van der Waals surface area (Å²) >= 11 is 0. The van der Waals surface area contributed by atoms with Crippen molar-refractivity contribution in [3.8, 4) is 5.75 Å². The van der Waals surface area contributed by atoms with Gasteiger partial charge in [-0.25, -0.2) is 12.8 Å². The summed E-state index contributed by atoms with van der Waals surface area (Å²) in [6, 6.07) is 6.45. The van der Waals surface area contributed by atoms with Crippen LogP contribution in [0.2, 0.25) is 0 Å². The van der Waals surface area contributed by atoms with Gasteiger partial charge in [-0.2, -0.15) is 17.5 Å². The predicted molar refractivity (Wildman–Crippen MR) is 110 cm³/mol. The molecule has 178 valence electrons. The Bertz CT molecular complexity index is 1170. The molecule has 1 aliphatic carbocycles. The third-order valence-electron chi connectivity index (χ3n) is 6.92. The van der Waals surface area contributed by atoms with Crippen LogP contribution >= 0.6 is 0 Å². The predicted octanol–water partition coefficient (Wildman–Crippen LogP) is 3.68. The van der Waals surface area contributed by atoms with Crippen LogP contribution in [0.3, 0.4) is 0 Å². The normalized spacial score (nSPS) is 23.8. The highest BCUT2D eigenvalue weighted by atomic mass is 32.2. The van der Waals surface area contributed by atoms with E-state index in [2.05, 4.69) is 9.88 Å². The Hall–Kier alpha value is -2.24. The molecule has 0 unspecified atom stereocenters. The third kappa shape index (κ3) is 3.89. The van der Waals surface area contributed by atoms with Crippen molar-refractivity contribution in [2.24, 2.45) is 5.41 Å². The molecule has 1 saturated carbocycles. The molecule has 6 nitrogen and oxygen atoms in total. The average Bonchev–Trinajstić information content (AvgIpc) is 2.84. The number of ether oxygens (including phenoxy) is 1. The van der Waals surface area contributed by atoms with Crippen LogP contribution in [0.4, 0.5) is 17.6 Å². The fraction of sp³-hybridized carbons (Fsp3) is 0.500. The third-order valence-corrected chi connectivity index (χ3v) is 8.74. The Morgan fingerprint density at radius 1 is 1.18 bits per heavy atom. The SMILES string of the molecule is C[C@@H]1COc2cc(C(F)(F)F)ncc2CN1C1CC2(C1)CN(S(=O)(=O)c1ccccc1F)C2. The number of hydrogen-bond acceptors (Lipinski definition) is 5. The zero-order valence-corrected chi connectivity index (χ0v) is 18.7. The van der Waals surface area contributed by atoms with Gasteiger partial charge in [0.25, 0.3) is 0 Å². The Kier molecular flexibility index (Phi) is 5.22. The van der Waals surface area contributed by atoms with Gasteiger partial charge < -0.3 is 4.74 Å². The van der Waals surface area contributed by atoms with Gasteiger partial charge in [-0.3, -0.25) is 9.88 Å². The minimum atomic E-state index is -4.53. The molecule has 1 aromatic carbocycles. The molecule has 1 aromatic heterocycles. The average molecular weight is 486 g/mol. The number of aromatic nitrogens is 1. The smallest absolute Gasteiger partial charge is 0.433 e. The van der Waals surface area contributed by atoms with Gasteiger partial charge in [0, 0.05) is 55.0 Å². The molecular weight excluding hydrogens is 462 g/mol. The highest BCUT2D eigenvalue weighted by Gasteiger charge is 2.57. The van der Waals surface area contributed by atoms with E-state index in [1.165, 1.54) is 28.7 Å². The van der Waals surface area contributed by atoms with Crippen molar-refractivity contribution in [2.75, 3.05) is 19.7 Å². The number of nitrogens with zero attached hydrogens (tertiary/aromatic N) is 3. The minimum absolute atomic E-state index is 0.0209. The number of fused-ring (bicyclic) bond motifs is 1. The summed E-state index contributed by atoms with van der Waals surface area (Å²) in [5, 5.41) is 0. The van der Waals surface area contributed by atoms with Crippen LogP contribution < -0.4 is 4.74 Å². The van der Waals surface area contributed by atoms with Crippen molar-refractivity contribution in [1.29, 1.82) is 0 Å². The Morgan fingerprint density at radius 2 is 1.88 bits per heavy atom. The first-order valence-electron chi connectivity index (χ1n) is 10.7. The Balaban J connectivity index is 1.25. The number of rotatable bonds is 3. The lowest BCUT2D eigenvalue weighted by molar-refractivity contribution is -0.141. The second kappa shape index (κ2) is 7.64. The number of benzene rings is 1. The van der Waals surface area contributed by atoms with Crippen molar-refractivity contribution in [3.05, 3.63) is 53.6 Å². The fourth-order valence-corrected chi connectivity index (χ4v) is 6.85. The van der Waals surface area contributed by atoms with E-state index in [0.717, 1.165) is 25.0 Å². The topological polar surface area (TPSA) is 62.7 Å². The zero-order chi connectivity index (χ0) is 23.6. The first kappa shape index (κ1) is 22.5. The first-order chi connectivity index (χ1) is 15.5. The number of pyridine rings is 1. The van der Waals surface area contributed by atoms with Crippen molar-refractivity contribution < 1.29 is 30.7 Å². The highest BCUT2D eigenvalue weighted by Crippen LogP contribution is 2.52. The zero-order valence-electron chi connectivity index (χ0n) is 17.8. The van der Waals surface area contributed by atoms with E-state index < -0.39 is 27.7 Å². The molecule has 0 bridgehead atoms. The molecule has 3 heterocycles. The molecule has 33 heavy (non-hydrogen) atoms. The number of hydrogen-bond donors (Lipinski definition) is 0. The van der Waals surface area contributed by atoms with Gasteiger partial charge in [-0.15, -0.1) is 0 Å². The van der Waals surface area contributed by atoms with Crippen LogP contribution in [-0.2, 0) is 22.7 Å². The molecule has 5 rings (SSSR count). The van der Waals surface area contributed by atoms with E-state index in [-0.39, 0.29) is 34.8 Å². The lowest BCUT2D eigenvalue weighted by Crippen LogP contribution is -2.68. The highest BCUT2D eigenvalue weighted by molar-refractivity contribution is 7.89. The van der Waals surface area contributed by atoms with Crippen LogP contribution in [-0.4, -0.2) is 54.4 Å². The van der Waals surface area contributed by atoms with Crippen molar-refractivity contribution >= 4 is 10.0 Å². The summed E-state index contributed by atoms with van der Waals surface area (Å²) in [4.78, 5) is 5.45. The molecule has 1 atom stereocenters. The maximum absolute atomic E-state index is 14.0. The largest absolute Gasteiger partial charge is 0.492 e. The van der Waals surface area contributed by atoms with Gasteiger partial charge in [-0.05, 0) is 31.9 Å². The molecule has 1 spiro atoms. The van der Waals surface area contributed by atoms with E-state index in [1.807, 2.05) is 6.92 Å². The van der Waals surface area contributed by atoms with Gasteiger partial charge in [0.2, 0.25) is 10.0 Å². The summed E-state index contributed by atoms with van der Waals surface area (Å²) in [5.74, 6) is -0.559. The lowest BCUT2D eigenvalue weighted by Gasteiger charge is -2.60. The number of sulfonamides is 1. The molecule has 11 heteroatoms. The van der Waals surface area contributed by atoms with Gasteiger partial charge >= 0.3 is 6.18 Å². The molecule has 2 fully saturated rings. The fourth-order valence-electron chi connectivity index (χ4n) is 5.12. The van der Waals surface area contributed by atoms with Gasteiger partial charge in [0.1, 0.15) is 28.8 Å². The quantitative estimate of drug-likeness (QED) is 0.621. The second-order valence-corrected chi connectivity index (χ2v) is 11.2. The molecule has 3 aliphatic rings. The van der Waals surface area contributed by atoms with E-state index in [1.54, 1.807) is 0 Å². The van der Waals surface area contributed by atoms with Crippen molar-refractivity contribution in [3.63, 3.8) is 0 Å². The number of halogens is 4. The van der Waals surface area contributed by atoms with Gasteiger partial charge in [-0.1, -0.05) is 12.1 Å². The summed E-state index contributed by atoms with van der Waals surface area (Å²) < 4.78 is 85.4. The molecular formula is C22H23F4N3O3S. The van der Waals surface area contributed by atoms with Crippen LogP contribution in [0.15, 0.2) is 41.4 Å². The van der Waals surface area contributed by atoms with E-state index in [9.17, 15) is 26.0 Å². The van der Waals surface area contributed by atoms with E-state index >= 15 is 0 Å². The van der Waals surface area contributed by atoms with Crippen molar-refractivity contribution in [2.45, 2.75) is 49.5 Å². The summed E-state index contributed by atoms with van der Waals surface area (Å²) in [6.07, 6.45) is -1.77. The van der Waals surface area contributed by atoms with E-state index in [4.69, 9.17) is 4.74 Å². The van der Waals surface area contributed by atoms with E-state index in [0.29, 0.717) is 25.2 Å². The molecule has 2 aliphatic heterocycles. The maximum Gasteiger partial charge on any atom is 0.433 e.